The lowest BCUT2D eigenvalue weighted by Gasteiger charge is -2.36. The molecular weight excluding hydrogens is 314 g/mol. The number of nitrogens with one attached hydrogen (secondary N) is 1. The van der Waals surface area contributed by atoms with E-state index >= 15 is 0 Å². The van der Waals surface area contributed by atoms with Gasteiger partial charge in [0.15, 0.2) is 0 Å². The van der Waals surface area contributed by atoms with Crippen molar-refractivity contribution in [1.82, 2.24) is 25.1 Å². The maximum Gasteiger partial charge on any atom is 0.227 e. The van der Waals surface area contributed by atoms with E-state index in [1.165, 1.54) is 0 Å². The van der Waals surface area contributed by atoms with Crippen molar-refractivity contribution in [3.8, 4) is 11.3 Å². The van der Waals surface area contributed by atoms with Crippen LogP contribution in [-0.4, -0.2) is 44.1 Å². The number of aromatic amines is 1. The number of aryl methyl sites for hydroxylation is 1. The first kappa shape index (κ1) is 17.6. The van der Waals surface area contributed by atoms with Crippen LogP contribution in [-0.2, 0) is 11.2 Å². The predicted molar refractivity (Wildman–Crippen MR) is 96.8 cm³/mol. The molecule has 1 atom stereocenters. The van der Waals surface area contributed by atoms with Crippen LogP contribution in [0.1, 0.15) is 45.0 Å². The largest absolute Gasteiger partial charge is 0.342 e. The van der Waals surface area contributed by atoms with Gasteiger partial charge in [-0.25, -0.2) is 4.98 Å². The molecule has 25 heavy (non-hydrogen) atoms. The number of aromatic nitrogens is 4. The molecule has 134 valence electrons. The highest BCUT2D eigenvalue weighted by Crippen LogP contribution is 2.26. The van der Waals surface area contributed by atoms with Crippen LogP contribution in [0.3, 0.4) is 0 Å². The number of hydrogen-bond acceptors (Lipinski definition) is 4. The Hall–Kier alpha value is -2.24. The molecule has 3 heterocycles. The third-order valence-corrected chi connectivity index (χ3v) is 4.74. The van der Waals surface area contributed by atoms with Crippen LogP contribution in [0.25, 0.3) is 11.3 Å². The van der Waals surface area contributed by atoms with Crippen molar-refractivity contribution in [2.24, 2.45) is 11.3 Å². The Labute approximate surface area is 149 Å². The van der Waals surface area contributed by atoms with E-state index in [0.717, 1.165) is 55.0 Å². The fourth-order valence-corrected chi connectivity index (χ4v) is 3.43. The molecule has 2 aromatic rings. The Morgan fingerprint density at radius 2 is 2.12 bits per heavy atom. The van der Waals surface area contributed by atoms with Gasteiger partial charge in [0.05, 0.1) is 23.8 Å². The lowest BCUT2D eigenvalue weighted by atomic mass is 9.89. The zero-order valence-electron chi connectivity index (χ0n) is 15.5. The molecule has 1 N–H and O–H groups in total. The number of nitrogens with zero attached hydrogens (tertiary/aromatic N) is 4. The monoisotopic (exact) mass is 341 g/mol. The molecule has 0 radical (unpaired) electrons. The van der Waals surface area contributed by atoms with E-state index in [1.807, 2.05) is 38.8 Å². The van der Waals surface area contributed by atoms with Crippen LogP contribution >= 0.6 is 0 Å². The Balaban J connectivity index is 1.70. The molecule has 0 aromatic carbocycles. The number of H-pyrrole nitrogens is 1. The third-order valence-electron chi connectivity index (χ3n) is 4.74. The van der Waals surface area contributed by atoms with Crippen molar-refractivity contribution in [3.05, 3.63) is 30.0 Å². The van der Waals surface area contributed by atoms with E-state index in [-0.39, 0.29) is 11.3 Å². The standard InChI is InChI=1S/C19H27N5O/c1-13-16(10-21-23-13)17-11-20-9-15(22-17)8-14-6-5-7-24(12-14)18(25)19(2,3)4/h9-11,14H,5-8,12H2,1-4H3,(H,21,23)/t14-/m0/s1. The number of likely N-dealkylation sites (tertiary alicyclic amines) is 1. The summed E-state index contributed by atoms with van der Waals surface area (Å²) >= 11 is 0. The summed E-state index contributed by atoms with van der Waals surface area (Å²) in [6.07, 6.45) is 8.44. The van der Waals surface area contributed by atoms with Crippen LogP contribution in [0.5, 0.6) is 0 Å². The molecule has 0 unspecified atom stereocenters. The maximum atomic E-state index is 12.6. The van der Waals surface area contributed by atoms with Gasteiger partial charge in [0.2, 0.25) is 5.91 Å². The molecule has 0 aliphatic carbocycles. The van der Waals surface area contributed by atoms with E-state index in [0.29, 0.717) is 5.92 Å². The zero-order valence-corrected chi connectivity index (χ0v) is 15.5. The Kier molecular flexibility index (Phi) is 4.88. The molecule has 6 nitrogen and oxygen atoms in total. The number of amides is 1. The fraction of sp³-hybridized carbons (Fsp3) is 0.579. The van der Waals surface area contributed by atoms with E-state index in [9.17, 15) is 4.79 Å². The predicted octanol–water partition coefficient (Wildman–Crippen LogP) is 3.00. The van der Waals surface area contributed by atoms with E-state index < -0.39 is 0 Å². The summed E-state index contributed by atoms with van der Waals surface area (Å²) in [4.78, 5) is 23.7. The molecule has 0 spiro atoms. The van der Waals surface area contributed by atoms with Gasteiger partial charge in [-0.05, 0) is 32.1 Å². The van der Waals surface area contributed by atoms with Crippen LogP contribution in [0.2, 0.25) is 0 Å². The molecule has 3 rings (SSSR count). The normalized spacial score (nSPS) is 18.4. The Bertz CT molecular complexity index is 746. The third kappa shape index (κ3) is 4.06. The molecule has 1 amide bonds. The van der Waals surface area contributed by atoms with Crippen molar-refractivity contribution in [2.45, 2.75) is 47.0 Å². The van der Waals surface area contributed by atoms with Crippen LogP contribution < -0.4 is 0 Å². The molecule has 1 aliphatic rings. The number of piperidine rings is 1. The number of rotatable bonds is 3. The van der Waals surface area contributed by atoms with Crippen molar-refractivity contribution < 1.29 is 4.79 Å². The minimum atomic E-state index is -0.319. The fourth-order valence-electron chi connectivity index (χ4n) is 3.43. The van der Waals surface area contributed by atoms with E-state index in [1.54, 1.807) is 12.4 Å². The van der Waals surface area contributed by atoms with Gasteiger partial charge in [0.25, 0.3) is 0 Å². The zero-order chi connectivity index (χ0) is 18.0. The second kappa shape index (κ2) is 6.94. The summed E-state index contributed by atoms with van der Waals surface area (Å²) < 4.78 is 0. The highest BCUT2D eigenvalue weighted by Gasteiger charge is 2.31. The van der Waals surface area contributed by atoms with Gasteiger partial charge in [-0.2, -0.15) is 5.10 Å². The van der Waals surface area contributed by atoms with Gasteiger partial charge in [0, 0.05) is 36.0 Å². The van der Waals surface area contributed by atoms with Gasteiger partial charge < -0.3 is 4.90 Å². The van der Waals surface area contributed by atoms with Gasteiger partial charge in [-0.1, -0.05) is 20.8 Å². The second-order valence-corrected chi connectivity index (χ2v) is 8.02. The first-order chi connectivity index (χ1) is 11.8. The lowest BCUT2D eigenvalue weighted by Crippen LogP contribution is -2.45. The second-order valence-electron chi connectivity index (χ2n) is 8.02. The minimum Gasteiger partial charge on any atom is -0.342 e. The van der Waals surface area contributed by atoms with Crippen molar-refractivity contribution in [2.75, 3.05) is 13.1 Å². The first-order valence-electron chi connectivity index (χ1n) is 8.95. The topological polar surface area (TPSA) is 74.8 Å². The summed E-state index contributed by atoms with van der Waals surface area (Å²) in [5.74, 6) is 0.682. The summed E-state index contributed by atoms with van der Waals surface area (Å²) in [6.45, 7) is 9.62. The van der Waals surface area contributed by atoms with E-state index in [4.69, 9.17) is 4.98 Å². The smallest absolute Gasteiger partial charge is 0.227 e. The molecule has 6 heteroatoms. The minimum absolute atomic E-state index is 0.242. The molecule has 1 fully saturated rings. The highest BCUT2D eigenvalue weighted by atomic mass is 16.2. The average Bonchev–Trinajstić information content (AvgIpc) is 3.00. The average molecular weight is 341 g/mol. The van der Waals surface area contributed by atoms with Gasteiger partial charge >= 0.3 is 0 Å². The maximum absolute atomic E-state index is 12.6. The molecule has 1 aliphatic heterocycles. The highest BCUT2D eigenvalue weighted by molar-refractivity contribution is 5.81. The lowest BCUT2D eigenvalue weighted by molar-refractivity contribution is -0.141. The summed E-state index contributed by atoms with van der Waals surface area (Å²) in [5.41, 5.74) is 3.49. The first-order valence-corrected chi connectivity index (χ1v) is 8.95. The Morgan fingerprint density at radius 3 is 2.80 bits per heavy atom. The number of carbonyl (C=O) groups is 1. The van der Waals surface area contributed by atoms with Crippen molar-refractivity contribution >= 4 is 5.91 Å². The summed E-state index contributed by atoms with van der Waals surface area (Å²) in [6, 6.07) is 0. The molecular formula is C19H27N5O. The number of hydrogen-bond donors (Lipinski definition) is 1. The quantitative estimate of drug-likeness (QED) is 0.931. The van der Waals surface area contributed by atoms with E-state index in [2.05, 4.69) is 15.2 Å². The molecule has 0 saturated carbocycles. The van der Waals surface area contributed by atoms with Gasteiger partial charge in [0.1, 0.15) is 0 Å². The van der Waals surface area contributed by atoms with Crippen molar-refractivity contribution in [3.63, 3.8) is 0 Å². The van der Waals surface area contributed by atoms with Crippen LogP contribution in [0, 0.1) is 18.3 Å². The summed E-state index contributed by atoms with van der Waals surface area (Å²) in [7, 11) is 0. The SMILES string of the molecule is Cc1[nH]ncc1-c1cncc(C[C@@H]2CCCN(C(=O)C(C)(C)C)C2)n1. The van der Waals surface area contributed by atoms with Crippen molar-refractivity contribution in [1.29, 1.82) is 0 Å². The molecule has 1 saturated heterocycles. The Morgan fingerprint density at radius 1 is 1.32 bits per heavy atom. The van der Waals surface area contributed by atoms with Crippen LogP contribution in [0.4, 0.5) is 0 Å². The summed E-state index contributed by atoms with van der Waals surface area (Å²) in [5, 5.41) is 7.00. The number of carbonyl (C=O) groups excluding carboxylic acids is 1. The van der Waals surface area contributed by atoms with Gasteiger partial charge in [-0.3, -0.25) is 14.9 Å². The molecule has 2 aromatic heterocycles. The molecule has 0 bridgehead atoms. The van der Waals surface area contributed by atoms with Gasteiger partial charge in [-0.15, -0.1) is 0 Å². The van der Waals surface area contributed by atoms with Crippen LogP contribution in [0.15, 0.2) is 18.6 Å².